The van der Waals surface area contributed by atoms with Crippen LogP contribution in [0.2, 0.25) is 0 Å². The zero-order valence-corrected chi connectivity index (χ0v) is 18.6. The zero-order chi connectivity index (χ0) is 24.3. The van der Waals surface area contributed by atoms with Crippen LogP contribution in [0, 0.1) is 46.5 Å². The summed E-state index contributed by atoms with van der Waals surface area (Å²) in [5, 5.41) is -1.99. The first-order chi connectivity index (χ1) is 15.7. The fourth-order valence-corrected chi connectivity index (χ4v) is 6.45. The van der Waals surface area contributed by atoms with E-state index >= 15 is 0 Å². The van der Waals surface area contributed by atoms with Crippen LogP contribution in [0.1, 0.15) is 45.4 Å². The Bertz CT molecular complexity index is 1130. The predicted molar refractivity (Wildman–Crippen MR) is 114 cm³/mol. The van der Waals surface area contributed by atoms with Crippen LogP contribution in [0.5, 0.6) is 0 Å². The number of hydrogen-bond acceptors (Lipinski definition) is 0. The van der Waals surface area contributed by atoms with Gasteiger partial charge >= 0.3 is 0 Å². The Kier molecular flexibility index (Phi) is 8.33. The maximum Gasteiger partial charge on any atom is 0.200 e. The number of benzene rings is 3. The van der Waals surface area contributed by atoms with Crippen molar-refractivity contribution in [1.82, 2.24) is 0 Å². The van der Waals surface area contributed by atoms with Gasteiger partial charge in [0.25, 0.3) is 0 Å². The highest BCUT2D eigenvalue weighted by atomic mass is 31.1. The van der Waals surface area contributed by atoms with Gasteiger partial charge in [-0.25, -0.2) is 35.1 Å². The van der Waals surface area contributed by atoms with Gasteiger partial charge in [-0.3, -0.25) is 0 Å². The SMILES string of the molecule is CCCCCCCCP(c1c(F)c(F)c(F)c(F)c1F)c1ccc(F)c2c(F)cc(F)cc12. The Morgan fingerprint density at radius 2 is 1.21 bits per heavy atom. The van der Waals surface area contributed by atoms with Crippen molar-refractivity contribution in [2.75, 3.05) is 6.16 Å². The van der Waals surface area contributed by atoms with Crippen LogP contribution in [0.15, 0.2) is 24.3 Å². The molecule has 0 bridgehead atoms. The van der Waals surface area contributed by atoms with E-state index in [1.54, 1.807) is 0 Å². The van der Waals surface area contributed by atoms with Crippen molar-refractivity contribution in [3.05, 3.63) is 70.8 Å². The van der Waals surface area contributed by atoms with Crippen LogP contribution in [-0.2, 0) is 0 Å². The highest BCUT2D eigenvalue weighted by Crippen LogP contribution is 2.41. The summed E-state index contributed by atoms with van der Waals surface area (Å²) in [6.45, 7) is 2.03. The first kappa shape index (κ1) is 25.4. The molecule has 0 spiro atoms. The maximum atomic E-state index is 14.7. The third kappa shape index (κ3) is 5.16. The smallest absolute Gasteiger partial charge is 0.200 e. The molecule has 0 aliphatic heterocycles. The van der Waals surface area contributed by atoms with Gasteiger partial charge in [0.1, 0.15) is 17.5 Å². The molecule has 0 aliphatic rings. The first-order valence-corrected chi connectivity index (χ1v) is 12.1. The van der Waals surface area contributed by atoms with Crippen molar-refractivity contribution in [1.29, 1.82) is 0 Å². The van der Waals surface area contributed by atoms with Crippen LogP contribution >= 0.6 is 7.92 Å². The van der Waals surface area contributed by atoms with Crippen LogP contribution < -0.4 is 10.6 Å². The van der Waals surface area contributed by atoms with Crippen LogP contribution in [-0.4, -0.2) is 6.16 Å². The summed E-state index contributed by atoms with van der Waals surface area (Å²) in [5.74, 6) is -13.8. The molecule has 1 atom stereocenters. The summed E-state index contributed by atoms with van der Waals surface area (Å²) >= 11 is 0. The van der Waals surface area contributed by atoms with Crippen LogP contribution in [0.25, 0.3) is 10.8 Å². The lowest BCUT2D eigenvalue weighted by molar-refractivity contribution is 0.384. The van der Waals surface area contributed by atoms with Crippen molar-refractivity contribution in [2.24, 2.45) is 0 Å². The molecule has 3 aromatic carbocycles. The molecule has 0 saturated carbocycles. The summed E-state index contributed by atoms with van der Waals surface area (Å²) in [4.78, 5) is 0. The van der Waals surface area contributed by atoms with Gasteiger partial charge in [0.2, 0.25) is 5.82 Å². The first-order valence-electron chi connectivity index (χ1n) is 10.5. The van der Waals surface area contributed by atoms with E-state index in [2.05, 4.69) is 0 Å². The number of fused-ring (bicyclic) bond motifs is 1. The van der Waals surface area contributed by atoms with Crippen molar-refractivity contribution in [3.8, 4) is 0 Å². The summed E-state index contributed by atoms with van der Waals surface area (Å²) in [5.41, 5.74) is 0. The molecule has 3 rings (SSSR count). The van der Waals surface area contributed by atoms with Gasteiger partial charge in [0.05, 0.1) is 10.7 Å². The lowest BCUT2D eigenvalue weighted by Crippen LogP contribution is -2.25. The van der Waals surface area contributed by atoms with Gasteiger partial charge in [-0.2, -0.15) is 0 Å². The summed E-state index contributed by atoms with van der Waals surface area (Å²) < 4.78 is 114. The molecule has 1 unspecified atom stereocenters. The molecule has 0 aromatic heterocycles. The second-order valence-electron chi connectivity index (χ2n) is 7.71. The van der Waals surface area contributed by atoms with E-state index in [1.807, 2.05) is 6.92 Å². The Balaban J connectivity index is 2.17. The van der Waals surface area contributed by atoms with E-state index < -0.39 is 65.2 Å². The summed E-state index contributed by atoms with van der Waals surface area (Å²) in [7, 11) is -2.30. The third-order valence-electron chi connectivity index (χ3n) is 5.44. The molecule has 0 radical (unpaired) electrons. The normalized spacial score (nSPS) is 12.5. The average Bonchev–Trinajstić information content (AvgIpc) is 2.77. The predicted octanol–water partition coefficient (Wildman–Crippen LogP) is 7.75. The Labute approximate surface area is 187 Å². The fraction of sp³-hybridized carbons (Fsp3) is 0.333. The second kappa shape index (κ2) is 10.8. The molecule has 9 heteroatoms. The van der Waals surface area contributed by atoms with Crippen LogP contribution in [0.3, 0.4) is 0 Å². The van der Waals surface area contributed by atoms with Gasteiger partial charge in [-0.1, -0.05) is 45.1 Å². The molecule has 0 heterocycles. The number of halogens is 8. The third-order valence-corrected chi connectivity index (χ3v) is 8.11. The van der Waals surface area contributed by atoms with Gasteiger partial charge in [-0.05, 0) is 43.3 Å². The van der Waals surface area contributed by atoms with E-state index in [-0.39, 0.29) is 16.9 Å². The number of unbranched alkanes of at least 4 members (excludes halogenated alkanes) is 5. The van der Waals surface area contributed by atoms with Crippen molar-refractivity contribution in [2.45, 2.75) is 45.4 Å². The molecule has 3 aromatic rings. The van der Waals surface area contributed by atoms with Gasteiger partial charge < -0.3 is 0 Å². The number of rotatable bonds is 9. The molecule has 0 nitrogen and oxygen atoms in total. The largest absolute Gasteiger partial charge is 0.207 e. The highest BCUT2D eigenvalue weighted by Gasteiger charge is 2.32. The van der Waals surface area contributed by atoms with Crippen molar-refractivity contribution >= 4 is 29.3 Å². The van der Waals surface area contributed by atoms with E-state index in [0.717, 1.165) is 43.9 Å². The van der Waals surface area contributed by atoms with E-state index in [9.17, 15) is 35.1 Å². The molecule has 0 saturated heterocycles. The molecule has 0 aliphatic carbocycles. The lowest BCUT2D eigenvalue weighted by Gasteiger charge is -2.23. The number of hydrogen-bond donors (Lipinski definition) is 0. The zero-order valence-electron chi connectivity index (χ0n) is 17.7. The van der Waals surface area contributed by atoms with E-state index in [1.165, 1.54) is 0 Å². The Morgan fingerprint density at radius 3 is 1.85 bits per heavy atom. The van der Waals surface area contributed by atoms with Crippen LogP contribution in [0.4, 0.5) is 35.1 Å². The lowest BCUT2D eigenvalue weighted by atomic mass is 10.1. The van der Waals surface area contributed by atoms with E-state index in [0.29, 0.717) is 18.9 Å². The molecular formula is C24H21F8P. The second-order valence-corrected chi connectivity index (χ2v) is 9.95. The molecule has 33 heavy (non-hydrogen) atoms. The van der Waals surface area contributed by atoms with Gasteiger partial charge in [0, 0.05) is 6.07 Å². The molecule has 0 amide bonds. The molecule has 0 fully saturated rings. The molecular weight excluding hydrogens is 471 g/mol. The summed E-state index contributed by atoms with van der Waals surface area (Å²) in [6, 6.07) is 3.21. The average molecular weight is 492 g/mol. The Hall–Kier alpha value is -2.21. The molecule has 0 N–H and O–H groups in total. The van der Waals surface area contributed by atoms with Gasteiger partial charge in [-0.15, -0.1) is 0 Å². The standard InChI is InChI=1S/C24H21F8P/c1-2-3-4-5-6-7-10-33(24-22(31)20(29)19(28)21(30)23(24)32)17-9-8-15(26)18-14(17)11-13(25)12-16(18)27/h8-9,11-12H,2-7,10H2,1H3. The Morgan fingerprint density at radius 1 is 0.636 bits per heavy atom. The highest BCUT2D eigenvalue weighted by molar-refractivity contribution is 7.73. The minimum atomic E-state index is -2.30. The topological polar surface area (TPSA) is 0 Å². The van der Waals surface area contributed by atoms with E-state index in [4.69, 9.17) is 0 Å². The molecule has 178 valence electrons. The minimum absolute atomic E-state index is 0.00131. The van der Waals surface area contributed by atoms with Crippen molar-refractivity contribution in [3.63, 3.8) is 0 Å². The fourth-order valence-electron chi connectivity index (χ4n) is 3.81. The summed E-state index contributed by atoms with van der Waals surface area (Å²) in [6.07, 6.45) is 4.73. The quantitative estimate of drug-likeness (QED) is 0.0942. The van der Waals surface area contributed by atoms with Gasteiger partial charge in [0.15, 0.2) is 23.3 Å². The van der Waals surface area contributed by atoms with Crippen molar-refractivity contribution < 1.29 is 35.1 Å². The minimum Gasteiger partial charge on any atom is -0.207 e. The monoisotopic (exact) mass is 492 g/mol. The maximum absolute atomic E-state index is 14.7.